The molecule has 106 valence electrons. The van der Waals surface area contributed by atoms with Gasteiger partial charge < -0.3 is 0 Å². The number of aromatic nitrogens is 1. The summed E-state index contributed by atoms with van der Waals surface area (Å²) in [6, 6.07) is 4.32. The Hall–Kier alpha value is -0.240. The van der Waals surface area contributed by atoms with Gasteiger partial charge in [0.1, 0.15) is 0 Å². The molecule has 1 nitrogen and oxygen atoms in total. The van der Waals surface area contributed by atoms with E-state index in [9.17, 15) is 13.2 Å². The number of pyridine rings is 1. The minimum absolute atomic E-state index is 0.0438. The van der Waals surface area contributed by atoms with E-state index in [2.05, 4.69) is 4.98 Å². The lowest BCUT2D eigenvalue weighted by Crippen LogP contribution is -2.08. The Bertz CT molecular complexity index is 650. The van der Waals surface area contributed by atoms with Crippen LogP contribution in [0, 0.1) is 3.57 Å². The summed E-state index contributed by atoms with van der Waals surface area (Å²) >= 11 is 19.2. The Balaban J connectivity index is 2.53. The van der Waals surface area contributed by atoms with Gasteiger partial charge in [-0.25, -0.2) is 0 Å². The van der Waals surface area contributed by atoms with Crippen molar-refractivity contribution >= 4 is 57.4 Å². The van der Waals surface area contributed by atoms with Crippen LogP contribution in [0.2, 0.25) is 15.1 Å². The quantitative estimate of drug-likeness (QED) is 0.364. The fraction of sp³-hybridized carbons (Fsp3) is 0.0833. The summed E-state index contributed by atoms with van der Waals surface area (Å²) in [5.41, 5.74) is 0.0481. The summed E-state index contributed by atoms with van der Waals surface area (Å²) in [4.78, 5) is 3.80. The molecule has 2 aromatic rings. The minimum atomic E-state index is -4.43. The number of hydrogen-bond donors (Lipinski definition) is 0. The van der Waals surface area contributed by atoms with E-state index in [4.69, 9.17) is 34.8 Å². The normalized spacial score (nSPS) is 11.8. The van der Waals surface area contributed by atoms with Crippen LogP contribution in [0.1, 0.15) is 5.56 Å². The minimum Gasteiger partial charge on any atom is -0.256 e. The van der Waals surface area contributed by atoms with Gasteiger partial charge in [-0.3, -0.25) is 4.98 Å². The van der Waals surface area contributed by atoms with Crippen molar-refractivity contribution in [1.29, 1.82) is 0 Å². The summed E-state index contributed by atoms with van der Waals surface area (Å²) in [5.74, 6) is 0. The van der Waals surface area contributed by atoms with Crippen LogP contribution in [0.4, 0.5) is 13.2 Å². The van der Waals surface area contributed by atoms with Crippen LogP contribution in [0.25, 0.3) is 11.3 Å². The van der Waals surface area contributed by atoms with Gasteiger partial charge in [-0.2, -0.15) is 13.2 Å². The lowest BCUT2D eigenvalue weighted by Gasteiger charge is -2.10. The monoisotopic (exact) mass is 451 g/mol. The van der Waals surface area contributed by atoms with E-state index in [1.54, 1.807) is 22.6 Å². The van der Waals surface area contributed by atoms with Gasteiger partial charge in [0.2, 0.25) is 0 Å². The molecule has 0 bridgehead atoms. The first-order valence-corrected chi connectivity index (χ1v) is 7.29. The van der Waals surface area contributed by atoms with E-state index < -0.39 is 11.7 Å². The van der Waals surface area contributed by atoms with E-state index in [-0.39, 0.29) is 18.6 Å². The number of hydrogen-bond acceptors (Lipinski definition) is 1. The molecule has 0 aliphatic heterocycles. The van der Waals surface area contributed by atoms with E-state index >= 15 is 0 Å². The third-order valence-electron chi connectivity index (χ3n) is 2.44. The summed E-state index contributed by atoms with van der Waals surface area (Å²) in [7, 11) is 0. The first kappa shape index (κ1) is 16.1. The fourth-order valence-electron chi connectivity index (χ4n) is 1.50. The van der Waals surface area contributed by atoms with Crippen LogP contribution < -0.4 is 0 Å². The molecule has 0 atom stereocenters. The second-order valence-electron chi connectivity index (χ2n) is 3.80. The average Bonchev–Trinajstić information content (AvgIpc) is 2.33. The predicted octanol–water partition coefficient (Wildman–Crippen LogP) is 6.33. The number of halogens is 7. The van der Waals surface area contributed by atoms with Gasteiger partial charge in [0.05, 0.1) is 26.3 Å². The van der Waals surface area contributed by atoms with Gasteiger partial charge in [-0.1, -0.05) is 34.8 Å². The van der Waals surface area contributed by atoms with E-state index in [1.807, 2.05) is 0 Å². The number of benzene rings is 1. The predicted molar refractivity (Wildman–Crippen MR) is 82.4 cm³/mol. The number of alkyl halides is 3. The van der Waals surface area contributed by atoms with Crippen molar-refractivity contribution in [3.8, 4) is 11.3 Å². The average molecular weight is 452 g/mol. The molecule has 0 N–H and O–H groups in total. The number of nitrogens with zero attached hydrogens (tertiary/aromatic N) is 1. The van der Waals surface area contributed by atoms with Crippen LogP contribution >= 0.6 is 57.4 Å². The molecule has 0 saturated heterocycles. The summed E-state index contributed by atoms with van der Waals surface area (Å²) in [5, 5.41) is 0.621. The highest BCUT2D eigenvalue weighted by molar-refractivity contribution is 14.1. The van der Waals surface area contributed by atoms with Gasteiger partial charge >= 0.3 is 6.18 Å². The van der Waals surface area contributed by atoms with Crippen LogP contribution in [0.3, 0.4) is 0 Å². The Morgan fingerprint density at radius 1 is 1.00 bits per heavy atom. The molecule has 2 rings (SSSR count). The maximum absolute atomic E-state index is 12.7. The largest absolute Gasteiger partial charge is 0.418 e. The van der Waals surface area contributed by atoms with Gasteiger partial charge in [-0.15, -0.1) is 0 Å². The standard InChI is InChI=1S/C12H4Cl3F3IN/c13-7-1-5(2-8(14)11(7)15)10-3-9(19)6(4-20-10)12(16,17)18/h1-4H. The van der Waals surface area contributed by atoms with Gasteiger partial charge in [0.25, 0.3) is 0 Å². The molecule has 0 unspecified atom stereocenters. The highest BCUT2D eigenvalue weighted by atomic mass is 127. The summed E-state index contributed by atoms with van der Waals surface area (Å²) in [6.07, 6.45) is -3.65. The van der Waals surface area contributed by atoms with Crippen LogP contribution in [0.5, 0.6) is 0 Å². The third kappa shape index (κ3) is 3.32. The molecule has 1 heterocycles. The van der Waals surface area contributed by atoms with Gasteiger partial charge in [0.15, 0.2) is 0 Å². The highest BCUT2D eigenvalue weighted by Gasteiger charge is 2.33. The second kappa shape index (κ2) is 5.87. The first-order chi connectivity index (χ1) is 9.20. The Kier molecular flexibility index (Phi) is 4.73. The maximum atomic E-state index is 12.7. The fourth-order valence-corrected chi connectivity index (χ4v) is 2.84. The number of rotatable bonds is 1. The van der Waals surface area contributed by atoms with Crippen molar-refractivity contribution < 1.29 is 13.2 Å². The van der Waals surface area contributed by atoms with E-state index in [0.29, 0.717) is 11.3 Å². The molecule has 0 saturated carbocycles. The lowest BCUT2D eigenvalue weighted by molar-refractivity contribution is -0.138. The Morgan fingerprint density at radius 2 is 1.55 bits per heavy atom. The van der Waals surface area contributed by atoms with Crippen LogP contribution in [0.15, 0.2) is 24.4 Å². The highest BCUT2D eigenvalue weighted by Crippen LogP contribution is 2.37. The SMILES string of the molecule is FC(F)(F)c1cnc(-c2cc(Cl)c(Cl)c(Cl)c2)cc1I. The Labute approximate surface area is 141 Å². The molecule has 8 heteroatoms. The second-order valence-corrected chi connectivity index (χ2v) is 6.16. The van der Waals surface area contributed by atoms with Crippen LogP contribution in [-0.4, -0.2) is 4.98 Å². The maximum Gasteiger partial charge on any atom is 0.418 e. The molecule has 1 aromatic heterocycles. The molecule has 0 radical (unpaired) electrons. The van der Waals surface area contributed by atoms with Gasteiger partial charge in [0, 0.05) is 15.3 Å². The molecule has 0 spiro atoms. The van der Waals surface area contributed by atoms with Crippen molar-refractivity contribution in [3.05, 3.63) is 48.6 Å². The Morgan fingerprint density at radius 3 is 2.00 bits per heavy atom. The molecule has 20 heavy (non-hydrogen) atoms. The zero-order valence-corrected chi connectivity index (χ0v) is 13.8. The summed E-state index contributed by atoms with van der Waals surface area (Å²) < 4.78 is 38.0. The molecular formula is C12H4Cl3F3IN. The third-order valence-corrected chi connectivity index (χ3v) is 4.53. The topological polar surface area (TPSA) is 12.9 Å². The van der Waals surface area contributed by atoms with E-state index in [1.165, 1.54) is 18.2 Å². The summed E-state index contributed by atoms with van der Waals surface area (Å²) in [6.45, 7) is 0. The lowest BCUT2D eigenvalue weighted by atomic mass is 10.1. The molecular weight excluding hydrogens is 448 g/mol. The van der Waals surface area contributed by atoms with Crippen molar-refractivity contribution in [1.82, 2.24) is 4.98 Å². The zero-order valence-electron chi connectivity index (χ0n) is 9.40. The van der Waals surface area contributed by atoms with Crippen molar-refractivity contribution in [3.63, 3.8) is 0 Å². The molecule has 0 fully saturated rings. The van der Waals surface area contributed by atoms with Crippen LogP contribution in [-0.2, 0) is 6.18 Å². The van der Waals surface area contributed by atoms with Crippen molar-refractivity contribution in [2.45, 2.75) is 6.18 Å². The zero-order chi connectivity index (χ0) is 15.1. The van der Waals surface area contributed by atoms with Gasteiger partial charge in [-0.05, 0) is 40.8 Å². The first-order valence-electron chi connectivity index (χ1n) is 5.08. The van der Waals surface area contributed by atoms with Crippen molar-refractivity contribution in [2.75, 3.05) is 0 Å². The molecule has 0 aliphatic rings. The molecule has 0 amide bonds. The molecule has 0 aliphatic carbocycles. The van der Waals surface area contributed by atoms with Crippen molar-refractivity contribution in [2.24, 2.45) is 0 Å². The van der Waals surface area contributed by atoms with E-state index in [0.717, 1.165) is 6.20 Å². The smallest absolute Gasteiger partial charge is 0.256 e. The molecule has 1 aromatic carbocycles.